The summed E-state index contributed by atoms with van der Waals surface area (Å²) in [6, 6.07) is 3.91. The van der Waals surface area contributed by atoms with Gasteiger partial charge in [-0.3, -0.25) is 10.4 Å². The van der Waals surface area contributed by atoms with Crippen LogP contribution in [-0.2, 0) is 11.2 Å². The second-order valence-electron chi connectivity index (χ2n) is 2.72. The van der Waals surface area contributed by atoms with Crippen molar-refractivity contribution in [2.24, 2.45) is 0 Å². The molecule has 0 aromatic carbocycles. The SMILES string of the molecule is CCOC(=N)CCc1cccnc1. The Balaban J connectivity index is 2.31. The van der Waals surface area contributed by atoms with Gasteiger partial charge in [0.15, 0.2) is 5.90 Å². The lowest BCUT2D eigenvalue weighted by molar-refractivity contribution is 0.314. The predicted molar refractivity (Wildman–Crippen MR) is 51.9 cm³/mol. The highest BCUT2D eigenvalue weighted by atomic mass is 16.5. The van der Waals surface area contributed by atoms with E-state index < -0.39 is 0 Å². The molecule has 0 unspecified atom stereocenters. The number of pyridine rings is 1. The summed E-state index contributed by atoms with van der Waals surface area (Å²) in [6.45, 7) is 2.46. The molecule has 0 fully saturated rings. The fourth-order valence-electron chi connectivity index (χ4n) is 1.05. The largest absolute Gasteiger partial charge is 0.481 e. The molecule has 0 atom stereocenters. The summed E-state index contributed by atoms with van der Waals surface area (Å²) in [5.41, 5.74) is 1.15. The Morgan fingerprint density at radius 1 is 1.62 bits per heavy atom. The van der Waals surface area contributed by atoms with E-state index in [9.17, 15) is 0 Å². The third-order valence-corrected chi connectivity index (χ3v) is 1.68. The molecule has 0 saturated heterocycles. The molecule has 13 heavy (non-hydrogen) atoms. The molecule has 0 aliphatic carbocycles. The van der Waals surface area contributed by atoms with Crippen molar-refractivity contribution in [3.63, 3.8) is 0 Å². The topological polar surface area (TPSA) is 46.0 Å². The summed E-state index contributed by atoms with van der Waals surface area (Å²) in [5.74, 6) is 0.353. The number of ether oxygens (including phenoxy) is 1. The highest BCUT2D eigenvalue weighted by Crippen LogP contribution is 2.01. The van der Waals surface area contributed by atoms with Crippen LogP contribution in [0.3, 0.4) is 0 Å². The van der Waals surface area contributed by atoms with Crippen molar-refractivity contribution in [3.8, 4) is 0 Å². The Morgan fingerprint density at radius 3 is 3.08 bits per heavy atom. The van der Waals surface area contributed by atoms with Gasteiger partial charge in [0.2, 0.25) is 0 Å². The van der Waals surface area contributed by atoms with Gasteiger partial charge in [-0.05, 0) is 25.0 Å². The lowest BCUT2D eigenvalue weighted by atomic mass is 10.1. The minimum absolute atomic E-state index is 0.353. The van der Waals surface area contributed by atoms with Gasteiger partial charge in [0.05, 0.1) is 6.61 Å². The average Bonchev–Trinajstić information content (AvgIpc) is 2.17. The third-order valence-electron chi connectivity index (χ3n) is 1.68. The van der Waals surface area contributed by atoms with Gasteiger partial charge < -0.3 is 4.74 Å². The molecule has 0 bridgehead atoms. The fourth-order valence-corrected chi connectivity index (χ4v) is 1.05. The van der Waals surface area contributed by atoms with E-state index in [1.165, 1.54) is 0 Å². The second-order valence-corrected chi connectivity index (χ2v) is 2.72. The molecule has 1 rings (SSSR count). The van der Waals surface area contributed by atoms with Gasteiger partial charge in [-0.1, -0.05) is 6.07 Å². The molecule has 1 N–H and O–H groups in total. The van der Waals surface area contributed by atoms with Crippen LogP contribution in [-0.4, -0.2) is 17.5 Å². The highest BCUT2D eigenvalue weighted by Gasteiger charge is 1.97. The first-order valence-electron chi connectivity index (χ1n) is 4.42. The smallest absolute Gasteiger partial charge is 0.180 e. The summed E-state index contributed by atoms with van der Waals surface area (Å²) in [5, 5.41) is 7.40. The molecule has 1 aromatic rings. The van der Waals surface area contributed by atoms with Crippen LogP contribution in [0.5, 0.6) is 0 Å². The van der Waals surface area contributed by atoms with E-state index in [2.05, 4.69) is 4.98 Å². The van der Waals surface area contributed by atoms with Gasteiger partial charge >= 0.3 is 0 Å². The van der Waals surface area contributed by atoms with Crippen LogP contribution < -0.4 is 0 Å². The lowest BCUT2D eigenvalue weighted by Gasteiger charge is -2.03. The van der Waals surface area contributed by atoms with Crippen LogP contribution in [0.15, 0.2) is 24.5 Å². The zero-order valence-electron chi connectivity index (χ0n) is 7.79. The van der Waals surface area contributed by atoms with E-state index in [1.54, 1.807) is 6.20 Å². The molecule has 0 saturated carbocycles. The van der Waals surface area contributed by atoms with E-state index >= 15 is 0 Å². The number of nitrogens with zero attached hydrogens (tertiary/aromatic N) is 1. The molecule has 70 valence electrons. The van der Waals surface area contributed by atoms with E-state index in [4.69, 9.17) is 10.1 Å². The Hall–Kier alpha value is -1.38. The Bertz CT molecular complexity index is 259. The van der Waals surface area contributed by atoms with Crippen LogP contribution in [0.1, 0.15) is 18.9 Å². The third kappa shape index (κ3) is 3.69. The second kappa shape index (κ2) is 5.30. The maximum absolute atomic E-state index is 7.40. The van der Waals surface area contributed by atoms with Gasteiger partial charge in [0.25, 0.3) is 0 Å². The van der Waals surface area contributed by atoms with Crippen molar-refractivity contribution < 1.29 is 4.74 Å². The molecule has 3 heteroatoms. The van der Waals surface area contributed by atoms with Gasteiger partial charge in [-0.15, -0.1) is 0 Å². The normalized spacial score (nSPS) is 9.62. The maximum atomic E-state index is 7.40. The van der Waals surface area contributed by atoms with Gasteiger partial charge in [-0.25, -0.2) is 0 Å². The minimum Gasteiger partial charge on any atom is -0.481 e. The average molecular weight is 178 g/mol. The molecule has 0 spiro atoms. The van der Waals surface area contributed by atoms with Gasteiger partial charge in [-0.2, -0.15) is 0 Å². The number of nitrogens with one attached hydrogen (secondary N) is 1. The first-order valence-corrected chi connectivity index (χ1v) is 4.42. The van der Waals surface area contributed by atoms with Crippen molar-refractivity contribution in [1.82, 2.24) is 4.98 Å². The zero-order chi connectivity index (χ0) is 9.52. The number of aryl methyl sites for hydroxylation is 1. The van der Waals surface area contributed by atoms with Crippen molar-refractivity contribution in [3.05, 3.63) is 30.1 Å². The van der Waals surface area contributed by atoms with Crippen LogP contribution in [0.2, 0.25) is 0 Å². The molecule has 1 heterocycles. The zero-order valence-corrected chi connectivity index (χ0v) is 7.79. The molecule has 0 radical (unpaired) electrons. The van der Waals surface area contributed by atoms with Crippen LogP contribution in [0, 0.1) is 5.41 Å². The monoisotopic (exact) mass is 178 g/mol. The summed E-state index contributed by atoms with van der Waals surface area (Å²) in [6.07, 6.45) is 5.04. The Labute approximate surface area is 78.3 Å². The summed E-state index contributed by atoms with van der Waals surface area (Å²) in [7, 11) is 0. The standard InChI is InChI=1S/C10H14N2O/c1-2-13-10(11)6-5-9-4-3-7-12-8-9/h3-4,7-8,11H,2,5-6H2,1H3. The van der Waals surface area contributed by atoms with Crippen molar-refractivity contribution >= 4 is 5.90 Å². The lowest BCUT2D eigenvalue weighted by Crippen LogP contribution is -2.04. The van der Waals surface area contributed by atoms with Crippen molar-refractivity contribution in [2.45, 2.75) is 19.8 Å². The van der Waals surface area contributed by atoms with Gasteiger partial charge in [0, 0.05) is 18.8 Å². The van der Waals surface area contributed by atoms with E-state index in [1.807, 2.05) is 25.3 Å². The maximum Gasteiger partial charge on any atom is 0.180 e. The van der Waals surface area contributed by atoms with Gasteiger partial charge in [0.1, 0.15) is 0 Å². The highest BCUT2D eigenvalue weighted by molar-refractivity contribution is 5.72. The van der Waals surface area contributed by atoms with Crippen molar-refractivity contribution in [1.29, 1.82) is 5.41 Å². The number of aromatic nitrogens is 1. The molecule has 0 aliphatic heterocycles. The molecule has 3 nitrogen and oxygen atoms in total. The minimum atomic E-state index is 0.353. The molecular weight excluding hydrogens is 164 g/mol. The molecule has 0 amide bonds. The number of hydrogen-bond donors (Lipinski definition) is 1. The van der Waals surface area contributed by atoms with Crippen LogP contribution in [0.25, 0.3) is 0 Å². The number of rotatable bonds is 4. The Morgan fingerprint density at radius 2 is 2.46 bits per heavy atom. The molecule has 1 aromatic heterocycles. The summed E-state index contributed by atoms with van der Waals surface area (Å²) < 4.78 is 5.03. The van der Waals surface area contributed by atoms with Crippen LogP contribution in [0.4, 0.5) is 0 Å². The Kier molecular flexibility index (Phi) is 3.96. The number of hydrogen-bond acceptors (Lipinski definition) is 3. The van der Waals surface area contributed by atoms with E-state index in [-0.39, 0.29) is 0 Å². The summed E-state index contributed by atoms with van der Waals surface area (Å²) >= 11 is 0. The molecule has 0 aliphatic rings. The quantitative estimate of drug-likeness (QED) is 0.566. The van der Waals surface area contributed by atoms with Crippen LogP contribution >= 0.6 is 0 Å². The first-order chi connectivity index (χ1) is 6.33. The van der Waals surface area contributed by atoms with Crippen molar-refractivity contribution in [2.75, 3.05) is 6.61 Å². The van der Waals surface area contributed by atoms with E-state index in [0.29, 0.717) is 18.9 Å². The fraction of sp³-hybridized carbons (Fsp3) is 0.400. The predicted octanol–water partition coefficient (Wildman–Crippen LogP) is 2.03. The summed E-state index contributed by atoms with van der Waals surface area (Å²) in [4.78, 5) is 4.00. The first kappa shape index (κ1) is 9.71. The molecular formula is C10H14N2O. The van der Waals surface area contributed by atoms with E-state index in [0.717, 1.165) is 12.0 Å².